The molecule has 0 heterocycles. The Morgan fingerprint density at radius 1 is 0.755 bits per heavy atom. The first-order chi connectivity index (χ1) is 22.9. The van der Waals surface area contributed by atoms with Crippen molar-refractivity contribution < 1.29 is 55.3 Å². The molecule has 1 aliphatic carbocycles. The molecular formula is C29H20N6O12S2. The molecule has 0 bridgehead atoms. The largest absolute Gasteiger partial charge is 0.478 e. The standard InChI is InChI=1S/C29H20N6O12S2/c30-29(41)31-16-2-1-13-10-24(49(45,46)47)25(26(36)20(13)11-16)35-34-23-6-5-22(19-4-3-18(12-21(19)23)48(42,43)44)33-32-17-8-14(27(37)38)7-15(9-17)28(39)40/h1-12,34H,(H,37,38)(H,39,40)(H3,30,31,41)(H,42,43,44)(H,45,46,47)/b33-32?,35-25+. The normalized spacial score (nSPS) is 14.0. The number of azo groups is 1. The first kappa shape index (κ1) is 34.0. The molecule has 0 fully saturated rings. The van der Waals surface area contributed by atoms with E-state index in [1.54, 1.807) is 0 Å². The number of nitrogens with one attached hydrogen (secondary N) is 2. The van der Waals surface area contributed by atoms with Gasteiger partial charge >= 0.3 is 18.0 Å². The summed E-state index contributed by atoms with van der Waals surface area (Å²) >= 11 is 0. The number of carbonyl (C=O) groups excluding carboxylic acids is 2. The zero-order chi connectivity index (χ0) is 35.8. The Balaban J connectivity index is 1.62. The Kier molecular flexibility index (Phi) is 8.80. The lowest BCUT2D eigenvalue weighted by molar-refractivity contribution is 0.0696. The van der Waals surface area contributed by atoms with Crippen LogP contribution in [0.2, 0.25) is 0 Å². The summed E-state index contributed by atoms with van der Waals surface area (Å²) < 4.78 is 68.0. The predicted octanol–water partition coefficient (Wildman–Crippen LogP) is 4.28. The summed E-state index contributed by atoms with van der Waals surface area (Å²) in [5.41, 5.74) is 5.90. The van der Waals surface area contributed by atoms with Crippen molar-refractivity contribution >= 4 is 89.3 Å². The molecule has 2 amide bonds. The average molecular weight is 709 g/mol. The van der Waals surface area contributed by atoms with Gasteiger partial charge in [0, 0.05) is 22.0 Å². The molecule has 8 N–H and O–H groups in total. The van der Waals surface area contributed by atoms with Crippen molar-refractivity contribution in [1.29, 1.82) is 0 Å². The number of urea groups is 1. The summed E-state index contributed by atoms with van der Waals surface area (Å²) in [6.45, 7) is 0. The lowest BCUT2D eigenvalue weighted by Crippen LogP contribution is -2.27. The predicted molar refractivity (Wildman–Crippen MR) is 173 cm³/mol. The number of hydrogen-bond donors (Lipinski definition) is 7. The molecule has 1 aliphatic rings. The Bertz CT molecular complexity index is 2420. The summed E-state index contributed by atoms with van der Waals surface area (Å²) in [6, 6.07) is 11.8. The first-order valence-electron chi connectivity index (χ1n) is 13.3. The second-order valence-corrected chi connectivity index (χ2v) is 12.9. The lowest BCUT2D eigenvalue weighted by Gasteiger charge is -2.17. The Morgan fingerprint density at radius 3 is 2.02 bits per heavy atom. The summed E-state index contributed by atoms with van der Waals surface area (Å²) in [4.78, 5) is 46.2. The smallest absolute Gasteiger partial charge is 0.335 e. The van der Waals surface area contributed by atoms with Gasteiger partial charge in [0.2, 0.25) is 5.78 Å². The molecule has 0 unspecified atom stereocenters. The number of ketones is 1. The van der Waals surface area contributed by atoms with Crippen molar-refractivity contribution in [2.24, 2.45) is 21.1 Å². The average Bonchev–Trinajstić information content (AvgIpc) is 3.02. The fraction of sp³-hybridized carbons (Fsp3) is 0. The van der Waals surface area contributed by atoms with E-state index in [2.05, 4.69) is 26.1 Å². The molecule has 4 aromatic rings. The molecule has 5 rings (SSSR count). The van der Waals surface area contributed by atoms with Crippen LogP contribution in [0, 0.1) is 0 Å². The highest BCUT2D eigenvalue weighted by Crippen LogP contribution is 2.35. The number of nitrogens with zero attached hydrogens (tertiary/aromatic N) is 3. The number of nitrogens with two attached hydrogens (primary N) is 1. The zero-order valence-electron chi connectivity index (χ0n) is 24.2. The highest BCUT2D eigenvalue weighted by molar-refractivity contribution is 7.91. The van der Waals surface area contributed by atoms with E-state index in [4.69, 9.17) is 5.73 Å². The highest BCUT2D eigenvalue weighted by atomic mass is 32.2. The van der Waals surface area contributed by atoms with Gasteiger partial charge in [-0.15, -0.1) is 5.11 Å². The number of allylic oxidation sites excluding steroid dienone is 1. The van der Waals surface area contributed by atoms with Crippen molar-refractivity contribution in [3.8, 4) is 0 Å². The number of hydrazone groups is 1. The van der Waals surface area contributed by atoms with Gasteiger partial charge in [-0.25, -0.2) is 14.4 Å². The maximum Gasteiger partial charge on any atom is 0.335 e. The molecule has 49 heavy (non-hydrogen) atoms. The molecule has 18 nitrogen and oxygen atoms in total. The Hall–Kier alpha value is -6.35. The number of primary amides is 1. The van der Waals surface area contributed by atoms with Crippen molar-refractivity contribution in [3.63, 3.8) is 0 Å². The third-order valence-corrected chi connectivity index (χ3v) is 8.53. The monoisotopic (exact) mass is 708 g/mol. The van der Waals surface area contributed by atoms with Crippen molar-refractivity contribution in [3.05, 3.63) is 93.9 Å². The zero-order valence-corrected chi connectivity index (χ0v) is 25.9. The molecule has 0 aliphatic heterocycles. The maximum absolute atomic E-state index is 13.4. The number of rotatable bonds is 9. The van der Waals surface area contributed by atoms with Crippen molar-refractivity contribution in [1.82, 2.24) is 0 Å². The summed E-state index contributed by atoms with van der Waals surface area (Å²) in [7, 11) is -9.81. The molecule has 4 aromatic carbocycles. The second-order valence-electron chi connectivity index (χ2n) is 10.1. The molecule has 0 spiro atoms. The number of Topliss-reactive ketones (excluding diaryl/α,β-unsaturated/α-hetero) is 1. The molecule has 0 saturated heterocycles. The number of fused-ring (bicyclic) bond motifs is 2. The second kappa shape index (κ2) is 12.7. The minimum atomic E-state index is -5.04. The van der Waals surface area contributed by atoms with Gasteiger partial charge in [-0.1, -0.05) is 12.1 Å². The van der Waals surface area contributed by atoms with Crippen LogP contribution in [-0.4, -0.2) is 65.6 Å². The molecule has 0 atom stereocenters. The van der Waals surface area contributed by atoms with Gasteiger partial charge in [-0.2, -0.15) is 27.1 Å². The van der Waals surface area contributed by atoms with Gasteiger partial charge in [-0.05, 0) is 66.2 Å². The van der Waals surface area contributed by atoms with Gasteiger partial charge < -0.3 is 21.3 Å². The van der Waals surface area contributed by atoms with Crippen LogP contribution < -0.4 is 16.5 Å². The van der Waals surface area contributed by atoms with E-state index in [9.17, 15) is 55.3 Å². The minimum Gasteiger partial charge on any atom is -0.478 e. The first-order valence-corrected chi connectivity index (χ1v) is 16.2. The molecule has 250 valence electrons. The van der Waals surface area contributed by atoms with E-state index in [0.29, 0.717) is 0 Å². The van der Waals surface area contributed by atoms with Gasteiger partial charge in [0.05, 0.1) is 33.1 Å². The lowest BCUT2D eigenvalue weighted by atomic mass is 9.94. The topological polar surface area (TPSA) is 305 Å². The van der Waals surface area contributed by atoms with Crippen LogP contribution in [0.25, 0.3) is 16.8 Å². The van der Waals surface area contributed by atoms with Crippen LogP contribution in [0.3, 0.4) is 0 Å². The molecule has 20 heteroatoms. The third kappa shape index (κ3) is 7.31. The van der Waals surface area contributed by atoms with E-state index >= 15 is 0 Å². The number of carbonyl (C=O) groups is 4. The Labute approximate surface area is 274 Å². The van der Waals surface area contributed by atoms with Crippen LogP contribution in [-0.2, 0) is 20.2 Å². The van der Waals surface area contributed by atoms with Crippen LogP contribution in [0.1, 0.15) is 36.6 Å². The van der Waals surface area contributed by atoms with Crippen molar-refractivity contribution in [2.45, 2.75) is 4.90 Å². The molecular weight excluding hydrogens is 688 g/mol. The van der Waals surface area contributed by atoms with E-state index < -0.39 is 59.5 Å². The van der Waals surface area contributed by atoms with Crippen LogP contribution in [0.5, 0.6) is 0 Å². The van der Waals surface area contributed by atoms with E-state index in [-0.39, 0.29) is 55.8 Å². The SMILES string of the molecule is NC(=O)Nc1ccc2c(c1)C(=O)/C(=N/Nc1ccc(N=Nc3cc(C(=O)O)cc(C(=O)O)c3)c3ccc(S(=O)(=O)O)cc13)C(S(=O)(=O)O)=C2. The summed E-state index contributed by atoms with van der Waals surface area (Å²) in [5, 5.41) is 33.0. The quantitative estimate of drug-likeness (QED) is 0.0726. The number of aromatic carboxylic acids is 2. The van der Waals surface area contributed by atoms with Crippen LogP contribution in [0.4, 0.5) is 27.5 Å². The number of hydrogen-bond acceptors (Lipinski definition) is 12. The van der Waals surface area contributed by atoms with Gasteiger partial charge in [0.1, 0.15) is 4.91 Å². The third-order valence-electron chi connectivity index (χ3n) is 6.81. The van der Waals surface area contributed by atoms with Gasteiger partial charge in [-0.3, -0.25) is 19.3 Å². The number of amides is 2. The van der Waals surface area contributed by atoms with Crippen molar-refractivity contribution in [2.75, 3.05) is 10.7 Å². The van der Waals surface area contributed by atoms with Crippen LogP contribution >= 0.6 is 0 Å². The number of carboxylic acids is 2. The fourth-order valence-electron chi connectivity index (χ4n) is 4.65. The molecule has 0 aromatic heterocycles. The Morgan fingerprint density at radius 2 is 1.43 bits per heavy atom. The summed E-state index contributed by atoms with van der Waals surface area (Å²) in [6.07, 6.45) is 0.966. The number of carboxylic acid groups (broad SMARTS) is 2. The number of benzene rings is 4. The van der Waals surface area contributed by atoms with Gasteiger partial charge in [0.25, 0.3) is 20.2 Å². The molecule has 0 saturated carbocycles. The number of anilines is 2. The minimum absolute atomic E-state index is 0.0181. The molecule has 0 radical (unpaired) electrons. The summed E-state index contributed by atoms with van der Waals surface area (Å²) in [5.74, 6) is -3.84. The highest BCUT2D eigenvalue weighted by Gasteiger charge is 2.33. The maximum atomic E-state index is 13.4. The fourth-order valence-corrected chi connectivity index (χ4v) is 5.82. The van der Waals surface area contributed by atoms with E-state index in [0.717, 1.165) is 36.4 Å². The van der Waals surface area contributed by atoms with E-state index in [1.165, 1.54) is 36.4 Å². The van der Waals surface area contributed by atoms with E-state index in [1.807, 2.05) is 0 Å². The van der Waals surface area contributed by atoms with Crippen LogP contribution in [0.15, 0.2) is 91.9 Å². The van der Waals surface area contributed by atoms with Gasteiger partial charge in [0.15, 0.2) is 5.71 Å².